The van der Waals surface area contributed by atoms with Crippen LogP contribution in [0.2, 0.25) is 5.02 Å². The van der Waals surface area contributed by atoms with Gasteiger partial charge in [0.05, 0.1) is 0 Å². The van der Waals surface area contributed by atoms with Gasteiger partial charge in [-0.05, 0) is 48.4 Å². The van der Waals surface area contributed by atoms with Crippen molar-refractivity contribution in [3.63, 3.8) is 0 Å². The molecule has 0 unspecified atom stereocenters. The third-order valence-electron chi connectivity index (χ3n) is 5.07. The average Bonchev–Trinajstić information content (AvgIpc) is 2.52. The Bertz CT molecular complexity index is 407. The van der Waals surface area contributed by atoms with Crippen LogP contribution in [0.3, 0.4) is 0 Å². The van der Waals surface area contributed by atoms with Crippen molar-refractivity contribution in [3.05, 3.63) is 29.3 Å². The summed E-state index contributed by atoms with van der Waals surface area (Å²) in [5.74, 6) is 0. The van der Waals surface area contributed by atoms with Crippen LogP contribution in [0.25, 0.3) is 0 Å². The van der Waals surface area contributed by atoms with Crippen LogP contribution in [0.15, 0.2) is 24.3 Å². The van der Waals surface area contributed by atoms with Crippen LogP contribution in [0.4, 0.5) is 0 Å². The van der Waals surface area contributed by atoms with Crippen molar-refractivity contribution in [1.29, 1.82) is 0 Å². The molecule has 2 saturated carbocycles. The van der Waals surface area contributed by atoms with Crippen LogP contribution in [0.1, 0.15) is 64.2 Å². The molecule has 0 aromatic heterocycles. The molecule has 0 nitrogen and oxygen atoms in total. The van der Waals surface area contributed by atoms with E-state index in [1.165, 1.54) is 69.5 Å². The summed E-state index contributed by atoms with van der Waals surface area (Å²) in [6.45, 7) is 0. The normalized spacial score (nSPS) is 21.2. The SMILES string of the molecule is Clc1ccccc1P(C1CCCCC1)C1CCCCC1.[Au+]. The second-order valence-corrected chi connectivity index (χ2v) is 9.61. The van der Waals surface area contributed by atoms with Crippen LogP contribution in [0.5, 0.6) is 0 Å². The Kier molecular flexibility index (Phi) is 7.80. The second-order valence-electron chi connectivity index (χ2n) is 6.44. The van der Waals surface area contributed by atoms with E-state index < -0.39 is 0 Å². The topological polar surface area (TPSA) is 0 Å². The number of hydrogen-bond acceptors (Lipinski definition) is 0. The van der Waals surface area contributed by atoms with Crippen LogP contribution in [-0.2, 0) is 22.4 Å². The molecule has 0 N–H and O–H groups in total. The van der Waals surface area contributed by atoms with Crippen molar-refractivity contribution < 1.29 is 22.4 Å². The van der Waals surface area contributed by atoms with Crippen molar-refractivity contribution in [1.82, 2.24) is 0 Å². The maximum atomic E-state index is 6.57. The molecule has 0 aliphatic heterocycles. The molecule has 0 saturated heterocycles. The molecule has 0 atom stereocenters. The van der Waals surface area contributed by atoms with Crippen LogP contribution in [0, 0.1) is 0 Å². The average molecular weight is 506 g/mol. The molecule has 3 rings (SSSR count). The molecule has 0 heterocycles. The van der Waals surface area contributed by atoms with Gasteiger partial charge < -0.3 is 0 Å². The van der Waals surface area contributed by atoms with E-state index in [0.717, 1.165) is 16.3 Å². The molecule has 0 bridgehead atoms. The Balaban J connectivity index is 0.00000161. The van der Waals surface area contributed by atoms with E-state index in [0.29, 0.717) is 0 Å². The summed E-state index contributed by atoms with van der Waals surface area (Å²) >= 11 is 6.57. The predicted molar refractivity (Wildman–Crippen MR) is 91.8 cm³/mol. The molecular weight excluding hydrogens is 480 g/mol. The van der Waals surface area contributed by atoms with Gasteiger partial charge in [-0.25, -0.2) is 0 Å². The largest absolute Gasteiger partial charge is 1.00 e. The number of rotatable bonds is 3. The summed E-state index contributed by atoms with van der Waals surface area (Å²) in [6.07, 6.45) is 14.5. The van der Waals surface area contributed by atoms with E-state index in [2.05, 4.69) is 24.3 Å². The van der Waals surface area contributed by atoms with Gasteiger partial charge in [-0.1, -0.05) is 76.2 Å². The fourth-order valence-corrected chi connectivity index (χ4v) is 8.31. The van der Waals surface area contributed by atoms with Gasteiger partial charge in [0.25, 0.3) is 0 Å². The maximum Gasteiger partial charge on any atom is 1.00 e. The van der Waals surface area contributed by atoms with E-state index in [4.69, 9.17) is 11.6 Å². The Labute approximate surface area is 151 Å². The molecule has 0 amide bonds. The first-order valence-electron chi connectivity index (χ1n) is 8.39. The Morgan fingerprint density at radius 2 is 1.24 bits per heavy atom. The molecule has 2 fully saturated rings. The second kappa shape index (κ2) is 9.09. The predicted octanol–water partition coefficient (Wildman–Crippen LogP) is 6.11. The summed E-state index contributed by atoms with van der Waals surface area (Å²) in [5, 5.41) is 2.55. The van der Waals surface area contributed by atoms with Gasteiger partial charge in [0.1, 0.15) is 0 Å². The number of hydrogen-bond donors (Lipinski definition) is 0. The molecular formula is C18H26AuClP+. The summed E-state index contributed by atoms with van der Waals surface area (Å²) in [4.78, 5) is 0. The summed E-state index contributed by atoms with van der Waals surface area (Å²) in [5.41, 5.74) is 1.89. The quantitative estimate of drug-likeness (QED) is 0.343. The van der Waals surface area contributed by atoms with E-state index in [-0.39, 0.29) is 30.3 Å². The summed E-state index contributed by atoms with van der Waals surface area (Å²) in [7, 11) is -0.0449. The van der Waals surface area contributed by atoms with Crippen molar-refractivity contribution in [3.8, 4) is 0 Å². The van der Waals surface area contributed by atoms with Crippen molar-refractivity contribution >= 4 is 24.8 Å². The zero-order valence-electron chi connectivity index (χ0n) is 12.7. The molecule has 0 radical (unpaired) electrons. The van der Waals surface area contributed by atoms with Gasteiger partial charge >= 0.3 is 22.4 Å². The molecule has 0 spiro atoms. The molecule has 2 aliphatic carbocycles. The van der Waals surface area contributed by atoms with E-state index in [1.54, 1.807) is 0 Å². The zero-order valence-corrected chi connectivity index (χ0v) is 16.5. The molecule has 2 aliphatic rings. The zero-order chi connectivity index (χ0) is 13.8. The molecule has 1 aromatic rings. The standard InChI is InChI=1S/C18H26ClP.Au/c19-17-13-7-8-14-18(17)20(15-9-3-1-4-10-15)16-11-5-2-6-12-16;/h7-8,13-16H,1-6,9-12H2;/q;+1. The van der Waals surface area contributed by atoms with Gasteiger partial charge in [0.2, 0.25) is 0 Å². The Hall–Kier alpha value is 0.680. The van der Waals surface area contributed by atoms with E-state index in [9.17, 15) is 0 Å². The molecule has 120 valence electrons. The van der Waals surface area contributed by atoms with Crippen LogP contribution < -0.4 is 5.30 Å². The van der Waals surface area contributed by atoms with E-state index >= 15 is 0 Å². The minimum atomic E-state index is -0.0449. The van der Waals surface area contributed by atoms with Gasteiger partial charge in [-0.15, -0.1) is 0 Å². The van der Waals surface area contributed by atoms with E-state index in [1.807, 2.05) is 0 Å². The minimum Gasteiger partial charge on any atom is -0.0836 e. The Morgan fingerprint density at radius 3 is 1.71 bits per heavy atom. The minimum absolute atomic E-state index is 0. The molecule has 21 heavy (non-hydrogen) atoms. The first-order chi connectivity index (χ1) is 9.86. The van der Waals surface area contributed by atoms with Crippen molar-refractivity contribution in [2.24, 2.45) is 0 Å². The third-order valence-corrected chi connectivity index (χ3v) is 9.08. The monoisotopic (exact) mass is 505 g/mol. The van der Waals surface area contributed by atoms with Gasteiger partial charge in [-0.2, -0.15) is 0 Å². The number of halogens is 1. The molecule has 1 aromatic carbocycles. The fraction of sp³-hybridized carbons (Fsp3) is 0.667. The third kappa shape index (κ3) is 4.58. The maximum absolute atomic E-state index is 6.57. The van der Waals surface area contributed by atoms with Gasteiger partial charge in [0.15, 0.2) is 0 Å². The fourth-order valence-electron chi connectivity index (χ4n) is 4.07. The Morgan fingerprint density at radius 1 is 0.762 bits per heavy atom. The molecule has 3 heteroatoms. The van der Waals surface area contributed by atoms with Crippen molar-refractivity contribution in [2.45, 2.75) is 75.5 Å². The summed E-state index contributed by atoms with van der Waals surface area (Å²) in [6, 6.07) is 8.72. The first kappa shape index (κ1) is 18.0. The van der Waals surface area contributed by atoms with Gasteiger partial charge in [-0.3, -0.25) is 0 Å². The number of benzene rings is 1. The summed E-state index contributed by atoms with van der Waals surface area (Å²) < 4.78 is 0. The smallest absolute Gasteiger partial charge is 0.0836 e. The van der Waals surface area contributed by atoms with Crippen molar-refractivity contribution in [2.75, 3.05) is 0 Å². The van der Waals surface area contributed by atoms with Gasteiger partial charge in [0, 0.05) is 5.02 Å². The first-order valence-corrected chi connectivity index (χ1v) is 10.2. The van der Waals surface area contributed by atoms with Crippen LogP contribution in [-0.4, -0.2) is 11.3 Å². The van der Waals surface area contributed by atoms with Crippen LogP contribution >= 0.6 is 19.5 Å².